The molecule has 2 amide bonds. The molecule has 2 heterocycles. The minimum atomic E-state index is -0.466. The number of ether oxygens (including phenoxy) is 1. The summed E-state index contributed by atoms with van der Waals surface area (Å²) in [6.07, 6.45) is 9.31. The van der Waals surface area contributed by atoms with Crippen LogP contribution >= 0.6 is 0 Å². The maximum Gasteiger partial charge on any atom is 0.242 e. The van der Waals surface area contributed by atoms with Crippen LogP contribution in [0.5, 0.6) is 0 Å². The Kier molecular flexibility index (Phi) is 7.97. The van der Waals surface area contributed by atoms with Gasteiger partial charge in [-0.15, -0.1) is 0 Å². The number of carbonyl (C=O) groups is 2. The SMILES string of the molecule is CC(C)C[C@@H]1NC(=O)C2(CCCCOC[C@@H](C)NC1=O)CCN(C1CCC1)CC2. The molecule has 2 atom stereocenters. The van der Waals surface area contributed by atoms with E-state index in [0.29, 0.717) is 25.6 Å². The Bertz CT molecular complexity index is 554. The predicted molar refractivity (Wildman–Crippen MR) is 115 cm³/mol. The lowest BCUT2D eigenvalue weighted by atomic mass is 9.72. The summed E-state index contributed by atoms with van der Waals surface area (Å²) in [6.45, 7) is 9.39. The van der Waals surface area contributed by atoms with E-state index in [0.717, 1.165) is 51.2 Å². The first-order valence-corrected chi connectivity index (χ1v) is 11.8. The minimum absolute atomic E-state index is 0.0468. The first-order valence-electron chi connectivity index (χ1n) is 11.8. The van der Waals surface area contributed by atoms with Gasteiger partial charge in [0.15, 0.2) is 0 Å². The molecule has 0 aromatic heterocycles. The summed E-state index contributed by atoms with van der Waals surface area (Å²) in [5.41, 5.74) is -0.338. The fourth-order valence-corrected chi connectivity index (χ4v) is 4.99. The van der Waals surface area contributed by atoms with Gasteiger partial charge in [-0.05, 0) is 70.9 Å². The molecule has 0 aromatic carbocycles. The molecule has 6 nitrogen and oxygen atoms in total. The standard InChI is InChI=1S/C23H41N3O3/c1-17(2)15-20-21(27)24-18(3)16-29-14-5-4-9-23(22(28)25-20)10-12-26(13-11-23)19-7-6-8-19/h17-20H,4-16H2,1-3H3,(H,24,27)(H,25,28)/t18-,20+/m1/s1. The van der Waals surface area contributed by atoms with Crippen molar-refractivity contribution >= 4 is 11.8 Å². The van der Waals surface area contributed by atoms with Gasteiger partial charge in [0.2, 0.25) is 11.8 Å². The van der Waals surface area contributed by atoms with Crippen molar-refractivity contribution in [3.05, 3.63) is 0 Å². The van der Waals surface area contributed by atoms with Gasteiger partial charge in [0.1, 0.15) is 6.04 Å². The molecule has 2 N–H and O–H groups in total. The van der Waals surface area contributed by atoms with Crippen LogP contribution in [0.2, 0.25) is 0 Å². The molecule has 0 unspecified atom stereocenters. The van der Waals surface area contributed by atoms with Crippen molar-refractivity contribution in [1.82, 2.24) is 15.5 Å². The number of nitrogens with one attached hydrogen (secondary N) is 2. The Morgan fingerprint density at radius 3 is 2.41 bits per heavy atom. The molecule has 2 aliphatic heterocycles. The van der Waals surface area contributed by atoms with Gasteiger partial charge in [-0.25, -0.2) is 0 Å². The lowest BCUT2D eigenvalue weighted by Crippen LogP contribution is -2.57. The second-order valence-electron chi connectivity index (χ2n) is 10.00. The molecule has 0 radical (unpaired) electrons. The van der Waals surface area contributed by atoms with E-state index in [9.17, 15) is 9.59 Å². The number of carbonyl (C=O) groups excluding carboxylic acids is 2. The molecule has 3 rings (SSSR count). The summed E-state index contributed by atoms with van der Waals surface area (Å²) in [4.78, 5) is 29.0. The summed E-state index contributed by atoms with van der Waals surface area (Å²) in [7, 11) is 0. The zero-order chi connectivity index (χ0) is 20.9. The molecule has 3 aliphatic rings. The molecule has 1 spiro atoms. The van der Waals surface area contributed by atoms with Crippen LogP contribution in [-0.4, -0.2) is 61.1 Å². The van der Waals surface area contributed by atoms with Crippen molar-refractivity contribution < 1.29 is 14.3 Å². The van der Waals surface area contributed by atoms with Gasteiger partial charge in [0.05, 0.1) is 12.0 Å². The first-order chi connectivity index (χ1) is 13.9. The van der Waals surface area contributed by atoms with E-state index in [-0.39, 0.29) is 23.3 Å². The van der Waals surface area contributed by atoms with Gasteiger partial charge in [-0.1, -0.05) is 26.7 Å². The third-order valence-corrected chi connectivity index (χ3v) is 7.11. The summed E-state index contributed by atoms with van der Waals surface area (Å²) in [5.74, 6) is 0.355. The molecule has 6 heteroatoms. The number of piperidine rings is 1. The van der Waals surface area contributed by atoms with Crippen molar-refractivity contribution in [3.8, 4) is 0 Å². The highest BCUT2D eigenvalue weighted by molar-refractivity contribution is 5.90. The van der Waals surface area contributed by atoms with Gasteiger partial charge in [-0.3, -0.25) is 9.59 Å². The van der Waals surface area contributed by atoms with E-state index in [1.807, 2.05) is 6.92 Å². The van der Waals surface area contributed by atoms with Crippen LogP contribution in [0.1, 0.15) is 78.6 Å². The largest absolute Gasteiger partial charge is 0.379 e. The maximum atomic E-state index is 13.5. The Hall–Kier alpha value is -1.14. The van der Waals surface area contributed by atoms with Gasteiger partial charge >= 0.3 is 0 Å². The number of likely N-dealkylation sites (tertiary alicyclic amines) is 1. The molecule has 3 fully saturated rings. The van der Waals surface area contributed by atoms with Gasteiger partial charge < -0.3 is 20.3 Å². The van der Waals surface area contributed by atoms with E-state index in [4.69, 9.17) is 4.74 Å². The second-order valence-corrected chi connectivity index (χ2v) is 10.00. The molecular weight excluding hydrogens is 366 g/mol. The van der Waals surface area contributed by atoms with Crippen LogP contribution in [0.3, 0.4) is 0 Å². The van der Waals surface area contributed by atoms with Gasteiger partial charge in [0.25, 0.3) is 0 Å². The van der Waals surface area contributed by atoms with Crippen molar-refractivity contribution in [2.24, 2.45) is 11.3 Å². The Morgan fingerprint density at radius 1 is 1.07 bits per heavy atom. The smallest absolute Gasteiger partial charge is 0.242 e. The van der Waals surface area contributed by atoms with Gasteiger partial charge in [-0.2, -0.15) is 0 Å². The second kappa shape index (κ2) is 10.3. The van der Waals surface area contributed by atoms with E-state index in [1.54, 1.807) is 0 Å². The van der Waals surface area contributed by atoms with Gasteiger partial charge in [0, 0.05) is 18.7 Å². The third kappa shape index (κ3) is 5.94. The molecular formula is C23H41N3O3. The van der Waals surface area contributed by atoms with E-state index in [1.165, 1.54) is 19.3 Å². The molecule has 29 heavy (non-hydrogen) atoms. The number of amides is 2. The van der Waals surface area contributed by atoms with Crippen molar-refractivity contribution in [2.75, 3.05) is 26.3 Å². The summed E-state index contributed by atoms with van der Waals surface area (Å²) >= 11 is 0. The average molecular weight is 408 g/mol. The normalized spacial score (nSPS) is 30.6. The third-order valence-electron chi connectivity index (χ3n) is 7.11. The molecule has 0 aromatic rings. The highest BCUT2D eigenvalue weighted by Gasteiger charge is 2.43. The van der Waals surface area contributed by atoms with Crippen LogP contribution in [0.25, 0.3) is 0 Å². The Morgan fingerprint density at radius 2 is 1.79 bits per heavy atom. The Balaban J connectivity index is 1.72. The molecule has 1 saturated carbocycles. The molecule has 1 aliphatic carbocycles. The summed E-state index contributed by atoms with van der Waals surface area (Å²) in [5, 5.41) is 6.21. The van der Waals surface area contributed by atoms with E-state index in [2.05, 4.69) is 29.4 Å². The average Bonchev–Trinajstić information content (AvgIpc) is 2.63. The summed E-state index contributed by atoms with van der Waals surface area (Å²) < 4.78 is 5.77. The lowest BCUT2D eigenvalue weighted by molar-refractivity contribution is -0.139. The molecule has 0 bridgehead atoms. The maximum absolute atomic E-state index is 13.5. The Labute approximate surface area is 176 Å². The van der Waals surface area contributed by atoms with E-state index < -0.39 is 6.04 Å². The fourth-order valence-electron chi connectivity index (χ4n) is 4.99. The van der Waals surface area contributed by atoms with Crippen molar-refractivity contribution in [2.45, 2.75) is 96.7 Å². The number of nitrogens with zero attached hydrogens (tertiary/aromatic N) is 1. The zero-order valence-corrected chi connectivity index (χ0v) is 18.7. The number of rotatable bonds is 3. The minimum Gasteiger partial charge on any atom is -0.379 e. The number of hydrogen-bond donors (Lipinski definition) is 2. The van der Waals surface area contributed by atoms with E-state index >= 15 is 0 Å². The fraction of sp³-hybridized carbons (Fsp3) is 0.913. The van der Waals surface area contributed by atoms with Crippen LogP contribution in [-0.2, 0) is 14.3 Å². The zero-order valence-electron chi connectivity index (χ0n) is 18.7. The summed E-state index contributed by atoms with van der Waals surface area (Å²) in [6, 6.07) is 0.223. The van der Waals surface area contributed by atoms with Crippen molar-refractivity contribution in [3.63, 3.8) is 0 Å². The molecule has 166 valence electrons. The van der Waals surface area contributed by atoms with Crippen LogP contribution in [0.15, 0.2) is 0 Å². The quantitative estimate of drug-likeness (QED) is 0.755. The lowest BCUT2D eigenvalue weighted by Gasteiger charge is -2.46. The first kappa shape index (κ1) is 22.5. The highest BCUT2D eigenvalue weighted by atomic mass is 16.5. The number of hydrogen-bond acceptors (Lipinski definition) is 4. The molecule has 2 saturated heterocycles. The topological polar surface area (TPSA) is 70.7 Å². The van der Waals surface area contributed by atoms with Crippen LogP contribution in [0, 0.1) is 11.3 Å². The monoisotopic (exact) mass is 407 g/mol. The predicted octanol–water partition coefficient (Wildman–Crippen LogP) is 2.86. The highest BCUT2D eigenvalue weighted by Crippen LogP contribution is 2.40. The van der Waals surface area contributed by atoms with Crippen LogP contribution in [0.4, 0.5) is 0 Å². The van der Waals surface area contributed by atoms with Crippen LogP contribution < -0.4 is 10.6 Å². The van der Waals surface area contributed by atoms with Crippen molar-refractivity contribution in [1.29, 1.82) is 0 Å².